The van der Waals surface area contributed by atoms with Crippen molar-refractivity contribution in [3.63, 3.8) is 0 Å². The fraction of sp³-hybridized carbons (Fsp3) is 0.750. The van der Waals surface area contributed by atoms with Gasteiger partial charge in [0.25, 0.3) is 0 Å². The van der Waals surface area contributed by atoms with Gasteiger partial charge in [-0.05, 0) is 6.42 Å². The number of unbranched alkanes of at least 4 members (excludes halogenated alkanes) is 1. The summed E-state index contributed by atoms with van der Waals surface area (Å²) < 4.78 is 9.99. The Kier molecular flexibility index (Phi) is 8.71. The van der Waals surface area contributed by atoms with Crippen molar-refractivity contribution in [2.75, 3.05) is 19.8 Å². The molecule has 3 nitrogen and oxygen atoms in total. The van der Waals surface area contributed by atoms with E-state index in [1.54, 1.807) is 0 Å². The van der Waals surface area contributed by atoms with Gasteiger partial charge in [-0.2, -0.15) is 0 Å². The zero-order valence-electron chi connectivity index (χ0n) is 6.95. The minimum atomic E-state index is 0.501. The molecule has 0 aromatic carbocycles. The number of aliphatic hydroxyl groups is 1. The van der Waals surface area contributed by atoms with E-state index in [-0.39, 0.29) is 0 Å². The molecular weight excluding hydrogens is 144 g/mol. The smallest absolute Gasteiger partial charge is 0.117 e. The molecular formula is C8H16O3. The number of hydrogen-bond donors (Lipinski definition) is 1. The number of hydrogen-bond acceptors (Lipinski definition) is 3. The van der Waals surface area contributed by atoms with Gasteiger partial charge in [0.1, 0.15) is 19.1 Å². The van der Waals surface area contributed by atoms with Crippen LogP contribution in [0.3, 0.4) is 0 Å². The molecule has 0 unspecified atom stereocenters. The van der Waals surface area contributed by atoms with Crippen LogP contribution in [0.25, 0.3) is 0 Å². The lowest BCUT2D eigenvalue weighted by molar-refractivity contribution is 0.0818. The van der Waals surface area contributed by atoms with Crippen LogP contribution in [0.5, 0.6) is 0 Å². The number of rotatable bonds is 7. The van der Waals surface area contributed by atoms with Crippen molar-refractivity contribution in [2.45, 2.75) is 19.8 Å². The minimum Gasteiger partial charge on any atom is -0.512 e. The van der Waals surface area contributed by atoms with E-state index in [0.29, 0.717) is 13.2 Å². The molecule has 66 valence electrons. The van der Waals surface area contributed by atoms with E-state index in [4.69, 9.17) is 14.6 Å². The summed E-state index contributed by atoms with van der Waals surface area (Å²) in [5.74, 6) is 0. The molecule has 0 radical (unpaired) electrons. The van der Waals surface area contributed by atoms with Crippen molar-refractivity contribution in [1.82, 2.24) is 0 Å². The molecule has 11 heavy (non-hydrogen) atoms. The van der Waals surface area contributed by atoms with E-state index >= 15 is 0 Å². The highest BCUT2D eigenvalue weighted by Gasteiger charge is 1.85. The standard InChI is InChI=1S/C8H16O3/c1-2-3-5-10-7-8-11-6-4-9/h4,6,9H,2-3,5,7-8H2,1H3. The fourth-order valence-corrected chi connectivity index (χ4v) is 0.567. The SMILES string of the molecule is CCCCOCCOC=CO. The summed E-state index contributed by atoms with van der Waals surface area (Å²) in [5.41, 5.74) is 0. The summed E-state index contributed by atoms with van der Waals surface area (Å²) in [6, 6.07) is 0. The third-order valence-corrected chi connectivity index (χ3v) is 1.14. The second kappa shape index (κ2) is 9.30. The molecule has 0 bridgehead atoms. The summed E-state index contributed by atoms with van der Waals surface area (Å²) >= 11 is 0. The van der Waals surface area contributed by atoms with E-state index in [2.05, 4.69) is 6.92 Å². The summed E-state index contributed by atoms with van der Waals surface area (Å²) in [5, 5.41) is 8.16. The zero-order valence-corrected chi connectivity index (χ0v) is 6.95. The lowest BCUT2D eigenvalue weighted by Gasteiger charge is -2.01. The maximum Gasteiger partial charge on any atom is 0.117 e. The first-order valence-electron chi connectivity index (χ1n) is 3.90. The normalized spacial score (nSPS) is 10.6. The van der Waals surface area contributed by atoms with Crippen molar-refractivity contribution in [1.29, 1.82) is 0 Å². The molecule has 0 atom stereocenters. The van der Waals surface area contributed by atoms with E-state index < -0.39 is 0 Å². The van der Waals surface area contributed by atoms with E-state index in [0.717, 1.165) is 25.7 Å². The Bertz CT molecular complexity index is 91.3. The van der Waals surface area contributed by atoms with Gasteiger partial charge in [-0.15, -0.1) is 0 Å². The van der Waals surface area contributed by atoms with Gasteiger partial charge in [-0.3, -0.25) is 0 Å². The van der Waals surface area contributed by atoms with Crippen LogP contribution in [0, 0.1) is 0 Å². The molecule has 0 aromatic rings. The van der Waals surface area contributed by atoms with Gasteiger partial charge in [0.05, 0.1) is 6.61 Å². The molecule has 0 saturated heterocycles. The van der Waals surface area contributed by atoms with Gasteiger partial charge in [0, 0.05) is 6.61 Å². The van der Waals surface area contributed by atoms with Crippen molar-refractivity contribution in [3.8, 4) is 0 Å². The van der Waals surface area contributed by atoms with Crippen molar-refractivity contribution >= 4 is 0 Å². The Labute approximate surface area is 67.6 Å². The maximum absolute atomic E-state index is 8.16. The average molecular weight is 160 g/mol. The Morgan fingerprint density at radius 3 is 2.73 bits per heavy atom. The zero-order chi connectivity index (χ0) is 8.36. The lowest BCUT2D eigenvalue weighted by atomic mass is 10.4. The first-order chi connectivity index (χ1) is 5.41. The highest BCUT2D eigenvalue weighted by molar-refractivity contribution is 4.56. The third-order valence-electron chi connectivity index (χ3n) is 1.14. The predicted molar refractivity (Wildman–Crippen MR) is 43.4 cm³/mol. The Morgan fingerprint density at radius 2 is 2.09 bits per heavy atom. The molecule has 1 N–H and O–H groups in total. The molecule has 0 aliphatic rings. The van der Waals surface area contributed by atoms with Crippen LogP contribution in [-0.4, -0.2) is 24.9 Å². The van der Waals surface area contributed by atoms with Gasteiger partial charge in [-0.25, -0.2) is 0 Å². The van der Waals surface area contributed by atoms with E-state index in [9.17, 15) is 0 Å². The van der Waals surface area contributed by atoms with Crippen LogP contribution in [0.2, 0.25) is 0 Å². The Hall–Kier alpha value is -0.700. The van der Waals surface area contributed by atoms with Gasteiger partial charge in [0.2, 0.25) is 0 Å². The van der Waals surface area contributed by atoms with Gasteiger partial charge in [0.15, 0.2) is 0 Å². The largest absolute Gasteiger partial charge is 0.512 e. The average Bonchev–Trinajstić information content (AvgIpc) is 2.03. The second-order valence-corrected chi connectivity index (χ2v) is 2.12. The third kappa shape index (κ3) is 9.30. The van der Waals surface area contributed by atoms with E-state index in [1.165, 1.54) is 6.26 Å². The minimum absolute atomic E-state index is 0.501. The Balaban J connectivity index is 2.79. The molecule has 0 amide bonds. The van der Waals surface area contributed by atoms with Crippen LogP contribution in [-0.2, 0) is 9.47 Å². The van der Waals surface area contributed by atoms with Crippen molar-refractivity contribution < 1.29 is 14.6 Å². The molecule has 0 aliphatic carbocycles. The molecule has 0 aromatic heterocycles. The molecule has 0 saturated carbocycles. The first-order valence-corrected chi connectivity index (χ1v) is 3.90. The van der Waals surface area contributed by atoms with Gasteiger partial charge < -0.3 is 14.6 Å². The Morgan fingerprint density at radius 1 is 1.27 bits per heavy atom. The summed E-state index contributed by atoms with van der Waals surface area (Å²) in [7, 11) is 0. The molecule has 0 fully saturated rings. The van der Waals surface area contributed by atoms with Crippen LogP contribution >= 0.6 is 0 Å². The topological polar surface area (TPSA) is 38.7 Å². The van der Waals surface area contributed by atoms with Gasteiger partial charge in [-0.1, -0.05) is 13.3 Å². The first kappa shape index (κ1) is 10.3. The van der Waals surface area contributed by atoms with Crippen molar-refractivity contribution in [2.24, 2.45) is 0 Å². The van der Waals surface area contributed by atoms with Crippen LogP contribution < -0.4 is 0 Å². The molecule has 0 heterocycles. The molecule has 0 rings (SSSR count). The highest BCUT2D eigenvalue weighted by Crippen LogP contribution is 1.87. The van der Waals surface area contributed by atoms with Crippen LogP contribution in [0.1, 0.15) is 19.8 Å². The molecule has 0 spiro atoms. The maximum atomic E-state index is 8.16. The second-order valence-electron chi connectivity index (χ2n) is 2.12. The monoisotopic (exact) mass is 160 g/mol. The molecule has 3 heteroatoms. The number of aliphatic hydroxyl groups excluding tert-OH is 1. The number of ether oxygens (including phenoxy) is 2. The highest BCUT2D eigenvalue weighted by atomic mass is 16.5. The van der Waals surface area contributed by atoms with Crippen LogP contribution in [0.4, 0.5) is 0 Å². The summed E-state index contributed by atoms with van der Waals surface area (Å²) in [6.07, 6.45) is 4.35. The van der Waals surface area contributed by atoms with Gasteiger partial charge >= 0.3 is 0 Å². The van der Waals surface area contributed by atoms with E-state index in [1.807, 2.05) is 0 Å². The predicted octanol–water partition coefficient (Wildman–Crippen LogP) is 1.85. The van der Waals surface area contributed by atoms with Crippen molar-refractivity contribution in [3.05, 3.63) is 12.5 Å². The van der Waals surface area contributed by atoms with Crippen LogP contribution in [0.15, 0.2) is 12.5 Å². The lowest BCUT2D eigenvalue weighted by Crippen LogP contribution is -2.02. The summed E-state index contributed by atoms with van der Waals surface area (Å²) in [6.45, 7) is 4.00. The summed E-state index contributed by atoms with van der Waals surface area (Å²) in [4.78, 5) is 0. The molecule has 0 aliphatic heterocycles. The quantitative estimate of drug-likeness (QED) is 0.456. The fourth-order valence-electron chi connectivity index (χ4n) is 0.567.